The van der Waals surface area contributed by atoms with E-state index in [0.29, 0.717) is 5.69 Å². The highest BCUT2D eigenvalue weighted by Gasteiger charge is 2.30. The van der Waals surface area contributed by atoms with E-state index in [2.05, 4.69) is 4.98 Å². The molecule has 0 fully saturated rings. The number of hydrogen-bond donors (Lipinski definition) is 0. The zero-order valence-corrected chi connectivity index (χ0v) is 12.7. The van der Waals surface area contributed by atoms with Gasteiger partial charge in [-0.3, -0.25) is 9.78 Å². The van der Waals surface area contributed by atoms with Gasteiger partial charge in [0.25, 0.3) is 0 Å². The number of benzene rings is 2. The molecule has 0 spiro atoms. The van der Waals surface area contributed by atoms with Gasteiger partial charge in [0.1, 0.15) is 11.3 Å². The molecule has 3 nitrogen and oxygen atoms in total. The van der Waals surface area contributed by atoms with Gasteiger partial charge in [0.05, 0.1) is 10.9 Å². The van der Waals surface area contributed by atoms with Crippen molar-refractivity contribution in [1.82, 2.24) is 4.98 Å². The standard InChI is InChI=1S/C19H10F3NO2/c20-19(21,22)13-5-6-17-14(8-13)16(24)9-18(25-17)15-7-11-3-1-2-4-12(11)10-23-15/h1-10H. The number of aromatic nitrogens is 1. The highest BCUT2D eigenvalue weighted by atomic mass is 19.4. The molecule has 2 aromatic carbocycles. The van der Waals surface area contributed by atoms with Crippen molar-refractivity contribution in [2.45, 2.75) is 6.18 Å². The molecule has 0 aliphatic rings. The number of halogens is 3. The summed E-state index contributed by atoms with van der Waals surface area (Å²) >= 11 is 0. The van der Waals surface area contributed by atoms with Crippen molar-refractivity contribution in [2.24, 2.45) is 0 Å². The van der Waals surface area contributed by atoms with Crippen LogP contribution in [0.4, 0.5) is 13.2 Å². The second kappa shape index (κ2) is 5.44. The van der Waals surface area contributed by atoms with E-state index in [0.717, 1.165) is 29.0 Å². The summed E-state index contributed by atoms with van der Waals surface area (Å²) in [6.45, 7) is 0. The van der Waals surface area contributed by atoms with Gasteiger partial charge in [-0.2, -0.15) is 13.2 Å². The summed E-state index contributed by atoms with van der Waals surface area (Å²) in [6, 6.07) is 13.4. The minimum Gasteiger partial charge on any atom is -0.454 e. The van der Waals surface area contributed by atoms with E-state index >= 15 is 0 Å². The SMILES string of the molecule is O=c1cc(-c2cc3ccccc3cn2)oc2ccc(C(F)(F)F)cc12. The number of alkyl halides is 3. The van der Waals surface area contributed by atoms with Crippen molar-refractivity contribution in [3.8, 4) is 11.5 Å². The normalized spacial score (nSPS) is 12.0. The summed E-state index contributed by atoms with van der Waals surface area (Å²) in [5.74, 6) is 0.211. The monoisotopic (exact) mass is 341 g/mol. The average molecular weight is 341 g/mol. The van der Waals surface area contributed by atoms with Crippen LogP contribution in [-0.2, 0) is 6.18 Å². The molecule has 6 heteroatoms. The zero-order valence-electron chi connectivity index (χ0n) is 12.7. The van der Waals surface area contributed by atoms with Crippen LogP contribution in [0, 0.1) is 0 Å². The molecular weight excluding hydrogens is 331 g/mol. The second-order valence-corrected chi connectivity index (χ2v) is 5.60. The maximum atomic E-state index is 12.8. The fourth-order valence-electron chi connectivity index (χ4n) is 2.68. The van der Waals surface area contributed by atoms with E-state index in [1.807, 2.05) is 24.3 Å². The number of fused-ring (bicyclic) bond motifs is 2. The molecule has 2 aromatic heterocycles. The van der Waals surface area contributed by atoms with Crippen molar-refractivity contribution in [3.05, 3.63) is 76.6 Å². The molecular formula is C19H10F3NO2. The van der Waals surface area contributed by atoms with Gasteiger partial charge in [-0.05, 0) is 29.7 Å². The Balaban J connectivity index is 1.89. The lowest BCUT2D eigenvalue weighted by Crippen LogP contribution is -2.07. The smallest absolute Gasteiger partial charge is 0.416 e. The van der Waals surface area contributed by atoms with Crippen LogP contribution >= 0.6 is 0 Å². The molecule has 0 amide bonds. The molecule has 0 aliphatic heterocycles. The molecule has 0 unspecified atom stereocenters. The van der Waals surface area contributed by atoms with E-state index < -0.39 is 17.2 Å². The van der Waals surface area contributed by atoms with Gasteiger partial charge in [0.15, 0.2) is 11.2 Å². The van der Waals surface area contributed by atoms with E-state index in [4.69, 9.17) is 4.42 Å². The third kappa shape index (κ3) is 2.76. The Bertz CT molecular complexity index is 1160. The van der Waals surface area contributed by atoms with Gasteiger partial charge in [-0.25, -0.2) is 0 Å². The molecule has 0 N–H and O–H groups in total. The molecule has 25 heavy (non-hydrogen) atoms. The molecule has 4 rings (SSSR count). The molecule has 0 saturated heterocycles. The Morgan fingerprint density at radius 3 is 2.44 bits per heavy atom. The lowest BCUT2D eigenvalue weighted by atomic mass is 10.1. The third-order valence-electron chi connectivity index (χ3n) is 3.94. The summed E-state index contributed by atoms with van der Waals surface area (Å²) in [7, 11) is 0. The topological polar surface area (TPSA) is 43.1 Å². The van der Waals surface area contributed by atoms with Crippen LogP contribution in [0.15, 0.2) is 70.0 Å². The molecule has 0 bridgehead atoms. The van der Waals surface area contributed by atoms with Crippen LogP contribution < -0.4 is 5.43 Å². The Morgan fingerprint density at radius 2 is 1.68 bits per heavy atom. The van der Waals surface area contributed by atoms with Crippen LogP contribution in [0.5, 0.6) is 0 Å². The Hall–Kier alpha value is -3.15. The molecule has 4 aromatic rings. The van der Waals surface area contributed by atoms with Crippen molar-refractivity contribution in [2.75, 3.05) is 0 Å². The Labute approximate surface area is 139 Å². The predicted molar refractivity (Wildman–Crippen MR) is 88.2 cm³/mol. The molecule has 124 valence electrons. The highest BCUT2D eigenvalue weighted by molar-refractivity contribution is 5.85. The van der Waals surface area contributed by atoms with Crippen LogP contribution in [0.2, 0.25) is 0 Å². The van der Waals surface area contributed by atoms with E-state index in [9.17, 15) is 18.0 Å². The minimum absolute atomic E-state index is 0.0884. The minimum atomic E-state index is -4.51. The lowest BCUT2D eigenvalue weighted by molar-refractivity contribution is -0.137. The highest BCUT2D eigenvalue weighted by Crippen LogP contribution is 2.31. The fraction of sp³-hybridized carbons (Fsp3) is 0.0526. The molecule has 0 radical (unpaired) electrons. The average Bonchev–Trinajstić information content (AvgIpc) is 2.60. The van der Waals surface area contributed by atoms with E-state index in [1.54, 1.807) is 12.3 Å². The summed E-state index contributed by atoms with van der Waals surface area (Å²) in [5, 5.41) is 1.74. The van der Waals surface area contributed by atoms with Crippen molar-refractivity contribution in [3.63, 3.8) is 0 Å². The number of hydrogen-bond acceptors (Lipinski definition) is 3. The van der Waals surface area contributed by atoms with Gasteiger partial charge in [-0.1, -0.05) is 24.3 Å². The zero-order chi connectivity index (χ0) is 17.6. The molecule has 0 atom stereocenters. The van der Waals surface area contributed by atoms with Gasteiger partial charge >= 0.3 is 6.18 Å². The third-order valence-corrected chi connectivity index (χ3v) is 3.94. The summed E-state index contributed by atoms with van der Waals surface area (Å²) < 4.78 is 44.0. The Kier molecular flexibility index (Phi) is 3.35. The molecule has 2 heterocycles. The van der Waals surface area contributed by atoms with Gasteiger partial charge in [0, 0.05) is 17.6 Å². The maximum Gasteiger partial charge on any atom is 0.416 e. The van der Waals surface area contributed by atoms with Crippen molar-refractivity contribution < 1.29 is 17.6 Å². The first-order valence-corrected chi connectivity index (χ1v) is 7.42. The fourth-order valence-corrected chi connectivity index (χ4v) is 2.68. The summed E-state index contributed by atoms with van der Waals surface area (Å²) in [5.41, 5.74) is -0.899. The molecule has 0 aliphatic carbocycles. The summed E-state index contributed by atoms with van der Waals surface area (Å²) in [6.07, 6.45) is -2.86. The quantitative estimate of drug-likeness (QED) is 0.488. The second-order valence-electron chi connectivity index (χ2n) is 5.60. The van der Waals surface area contributed by atoms with Gasteiger partial charge in [-0.15, -0.1) is 0 Å². The van der Waals surface area contributed by atoms with Crippen LogP contribution in [0.25, 0.3) is 33.2 Å². The van der Waals surface area contributed by atoms with Crippen molar-refractivity contribution in [1.29, 1.82) is 0 Å². The van der Waals surface area contributed by atoms with E-state index in [-0.39, 0.29) is 16.7 Å². The predicted octanol–water partition coefficient (Wildman–Crippen LogP) is 5.03. The largest absolute Gasteiger partial charge is 0.454 e. The lowest BCUT2D eigenvalue weighted by Gasteiger charge is -2.08. The number of nitrogens with zero attached hydrogens (tertiary/aromatic N) is 1. The maximum absolute atomic E-state index is 12.8. The number of pyridine rings is 1. The van der Waals surface area contributed by atoms with Gasteiger partial charge in [0.2, 0.25) is 0 Å². The first-order chi connectivity index (χ1) is 11.9. The van der Waals surface area contributed by atoms with Crippen LogP contribution in [0.1, 0.15) is 5.56 Å². The van der Waals surface area contributed by atoms with Crippen molar-refractivity contribution >= 4 is 21.7 Å². The van der Waals surface area contributed by atoms with Crippen LogP contribution in [0.3, 0.4) is 0 Å². The summed E-state index contributed by atoms with van der Waals surface area (Å²) in [4.78, 5) is 16.5. The first kappa shape index (κ1) is 15.4. The van der Waals surface area contributed by atoms with Crippen LogP contribution in [-0.4, -0.2) is 4.98 Å². The molecule has 0 saturated carbocycles. The Morgan fingerprint density at radius 1 is 0.920 bits per heavy atom. The number of rotatable bonds is 1. The first-order valence-electron chi connectivity index (χ1n) is 7.42. The van der Waals surface area contributed by atoms with E-state index in [1.165, 1.54) is 6.07 Å². The van der Waals surface area contributed by atoms with Gasteiger partial charge < -0.3 is 4.42 Å².